The van der Waals surface area contributed by atoms with Crippen LogP contribution < -0.4 is 5.32 Å². The van der Waals surface area contributed by atoms with Gasteiger partial charge in [-0.05, 0) is 35.9 Å². The lowest BCUT2D eigenvalue weighted by atomic mass is 9.99. The number of aliphatic carboxylic acids is 1. The first kappa shape index (κ1) is 16.2. The average Bonchev–Trinajstić information content (AvgIpc) is 2.87. The Balaban J connectivity index is 2.07. The van der Waals surface area contributed by atoms with Crippen LogP contribution in [0.25, 0.3) is 6.08 Å². The van der Waals surface area contributed by atoms with Gasteiger partial charge in [0.25, 0.3) is 0 Å². The van der Waals surface area contributed by atoms with Crippen LogP contribution in [0.5, 0.6) is 0 Å². The molecule has 2 rings (SSSR count). The molecule has 1 unspecified atom stereocenters. The highest BCUT2D eigenvalue weighted by molar-refractivity contribution is 7.99. The third-order valence-corrected chi connectivity index (χ3v) is 4.92. The molecule has 0 saturated carbocycles. The SMILES string of the molecule is O=C(C=Cc1ccc(Cl)cc1Cl)NC1(C(=O)O)CCSC1. The molecule has 1 atom stereocenters. The molecule has 0 aliphatic carbocycles. The number of carbonyl (C=O) groups is 2. The summed E-state index contributed by atoms with van der Waals surface area (Å²) in [5, 5.41) is 12.8. The number of carboxylic acid groups (broad SMARTS) is 1. The van der Waals surface area contributed by atoms with Gasteiger partial charge in [0.1, 0.15) is 5.54 Å². The first-order chi connectivity index (χ1) is 9.93. The van der Waals surface area contributed by atoms with Crippen LogP contribution in [0.15, 0.2) is 24.3 Å². The van der Waals surface area contributed by atoms with E-state index in [4.69, 9.17) is 23.2 Å². The van der Waals surface area contributed by atoms with Gasteiger partial charge < -0.3 is 10.4 Å². The van der Waals surface area contributed by atoms with E-state index in [1.165, 1.54) is 23.9 Å². The van der Waals surface area contributed by atoms with Crippen LogP contribution in [-0.2, 0) is 9.59 Å². The fraction of sp³-hybridized carbons (Fsp3) is 0.286. The lowest BCUT2D eigenvalue weighted by Gasteiger charge is -2.23. The Bertz CT molecular complexity index is 598. The maximum absolute atomic E-state index is 11.9. The minimum Gasteiger partial charge on any atom is -0.479 e. The molecule has 1 fully saturated rings. The van der Waals surface area contributed by atoms with Crippen molar-refractivity contribution in [3.05, 3.63) is 39.9 Å². The summed E-state index contributed by atoms with van der Waals surface area (Å²) in [4.78, 5) is 23.3. The van der Waals surface area contributed by atoms with Gasteiger partial charge >= 0.3 is 5.97 Å². The summed E-state index contributed by atoms with van der Waals surface area (Å²) in [5.41, 5.74) is -0.531. The normalized spacial score (nSPS) is 21.6. The zero-order valence-corrected chi connectivity index (χ0v) is 13.3. The summed E-state index contributed by atoms with van der Waals surface area (Å²) < 4.78 is 0. The summed E-state index contributed by atoms with van der Waals surface area (Å²) in [6, 6.07) is 4.93. The number of benzene rings is 1. The molecule has 0 radical (unpaired) electrons. The molecule has 0 bridgehead atoms. The van der Waals surface area contributed by atoms with Gasteiger partial charge in [0.2, 0.25) is 5.91 Å². The molecule has 1 aliphatic rings. The monoisotopic (exact) mass is 345 g/mol. The molecular weight excluding hydrogens is 333 g/mol. The van der Waals surface area contributed by atoms with E-state index in [-0.39, 0.29) is 0 Å². The van der Waals surface area contributed by atoms with Crippen molar-refractivity contribution in [1.82, 2.24) is 5.32 Å². The minimum atomic E-state index is -1.17. The summed E-state index contributed by atoms with van der Waals surface area (Å²) in [6.07, 6.45) is 3.24. The number of carbonyl (C=O) groups excluding carboxylic acids is 1. The Hall–Kier alpha value is -1.17. The van der Waals surface area contributed by atoms with Gasteiger partial charge in [0, 0.05) is 21.9 Å². The predicted molar refractivity (Wildman–Crippen MR) is 85.9 cm³/mol. The Morgan fingerprint density at radius 3 is 2.71 bits per heavy atom. The molecule has 2 N–H and O–H groups in total. The average molecular weight is 346 g/mol. The fourth-order valence-corrected chi connectivity index (χ4v) is 3.76. The van der Waals surface area contributed by atoms with Crippen molar-refractivity contribution in [1.29, 1.82) is 0 Å². The largest absolute Gasteiger partial charge is 0.479 e. The lowest BCUT2D eigenvalue weighted by molar-refractivity contribution is -0.145. The van der Waals surface area contributed by atoms with Gasteiger partial charge in [-0.15, -0.1) is 0 Å². The smallest absolute Gasteiger partial charge is 0.330 e. The number of carboxylic acids is 1. The predicted octanol–water partition coefficient (Wildman–Crippen LogP) is 3.08. The molecule has 0 aromatic heterocycles. The van der Waals surface area contributed by atoms with Gasteiger partial charge in [0.05, 0.1) is 0 Å². The van der Waals surface area contributed by atoms with Crippen molar-refractivity contribution in [3.63, 3.8) is 0 Å². The quantitative estimate of drug-likeness (QED) is 0.823. The molecule has 1 aromatic rings. The van der Waals surface area contributed by atoms with E-state index in [1.54, 1.807) is 18.2 Å². The lowest BCUT2D eigenvalue weighted by Crippen LogP contribution is -2.54. The highest BCUT2D eigenvalue weighted by Crippen LogP contribution is 2.28. The van der Waals surface area contributed by atoms with Gasteiger partial charge in [-0.3, -0.25) is 4.79 Å². The molecule has 1 heterocycles. The van der Waals surface area contributed by atoms with Crippen LogP contribution in [0.4, 0.5) is 0 Å². The van der Waals surface area contributed by atoms with Crippen molar-refractivity contribution in [2.45, 2.75) is 12.0 Å². The molecule has 112 valence electrons. The summed E-state index contributed by atoms with van der Waals surface area (Å²) in [7, 11) is 0. The van der Waals surface area contributed by atoms with Crippen LogP contribution in [0.1, 0.15) is 12.0 Å². The molecule has 7 heteroatoms. The third-order valence-electron chi connectivity index (χ3n) is 3.17. The van der Waals surface area contributed by atoms with Gasteiger partial charge in [-0.25, -0.2) is 4.79 Å². The van der Waals surface area contributed by atoms with Crippen LogP contribution in [0.2, 0.25) is 10.0 Å². The Kier molecular flexibility index (Phi) is 5.19. The number of hydrogen-bond acceptors (Lipinski definition) is 3. The van der Waals surface area contributed by atoms with Crippen LogP contribution in [0, 0.1) is 0 Å². The van der Waals surface area contributed by atoms with Crippen LogP contribution in [0.3, 0.4) is 0 Å². The van der Waals surface area contributed by atoms with E-state index in [0.717, 1.165) is 5.75 Å². The van der Waals surface area contributed by atoms with Gasteiger partial charge in [-0.2, -0.15) is 11.8 Å². The summed E-state index contributed by atoms with van der Waals surface area (Å²) in [6.45, 7) is 0. The summed E-state index contributed by atoms with van der Waals surface area (Å²) >= 11 is 13.3. The van der Waals surface area contributed by atoms with E-state index >= 15 is 0 Å². The van der Waals surface area contributed by atoms with E-state index < -0.39 is 17.4 Å². The molecule has 4 nitrogen and oxygen atoms in total. The van der Waals surface area contributed by atoms with E-state index in [9.17, 15) is 14.7 Å². The number of hydrogen-bond donors (Lipinski definition) is 2. The van der Waals surface area contributed by atoms with Crippen molar-refractivity contribution in [3.8, 4) is 0 Å². The third kappa shape index (κ3) is 3.93. The Morgan fingerprint density at radius 1 is 1.38 bits per heavy atom. The number of nitrogens with one attached hydrogen (secondary N) is 1. The second-order valence-electron chi connectivity index (χ2n) is 4.68. The molecule has 1 amide bonds. The maximum atomic E-state index is 11.9. The fourth-order valence-electron chi connectivity index (χ4n) is 1.97. The van der Waals surface area contributed by atoms with Crippen molar-refractivity contribution in [2.75, 3.05) is 11.5 Å². The number of halogens is 2. The van der Waals surface area contributed by atoms with Gasteiger partial charge in [0.15, 0.2) is 0 Å². The standard InChI is InChI=1S/C14H13Cl2NO3S/c15-10-3-1-9(11(16)7-10)2-4-12(18)17-14(13(19)20)5-6-21-8-14/h1-4,7H,5-6,8H2,(H,17,18)(H,19,20). The molecular formula is C14H13Cl2NO3S. The molecule has 0 spiro atoms. The van der Waals surface area contributed by atoms with Crippen molar-refractivity contribution >= 4 is 52.9 Å². The second kappa shape index (κ2) is 6.73. The molecule has 1 aliphatic heterocycles. The van der Waals surface area contributed by atoms with Gasteiger partial charge in [-0.1, -0.05) is 29.3 Å². The number of amides is 1. The highest BCUT2D eigenvalue weighted by atomic mass is 35.5. The minimum absolute atomic E-state index is 0.379. The highest BCUT2D eigenvalue weighted by Gasteiger charge is 2.42. The summed E-state index contributed by atoms with van der Waals surface area (Å²) in [5.74, 6) is -0.354. The zero-order chi connectivity index (χ0) is 15.5. The molecule has 1 saturated heterocycles. The van der Waals surface area contributed by atoms with E-state index in [0.29, 0.717) is 27.8 Å². The maximum Gasteiger partial charge on any atom is 0.330 e. The van der Waals surface area contributed by atoms with E-state index in [1.807, 2.05) is 0 Å². The zero-order valence-electron chi connectivity index (χ0n) is 10.9. The Labute approximate surface area is 136 Å². The van der Waals surface area contributed by atoms with Crippen LogP contribution in [-0.4, -0.2) is 34.0 Å². The van der Waals surface area contributed by atoms with Crippen molar-refractivity contribution < 1.29 is 14.7 Å². The first-order valence-electron chi connectivity index (χ1n) is 6.19. The molecule has 21 heavy (non-hydrogen) atoms. The Morgan fingerprint density at radius 2 is 2.14 bits per heavy atom. The van der Waals surface area contributed by atoms with E-state index in [2.05, 4.69) is 5.32 Å². The van der Waals surface area contributed by atoms with Crippen LogP contribution >= 0.6 is 35.0 Å². The number of thioether (sulfide) groups is 1. The topological polar surface area (TPSA) is 66.4 Å². The second-order valence-corrected chi connectivity index (χ2v) is 6.63. The number of rotatable bonds is 4. The molecule has 1 aromatic carbocycles. The first-order valence-corrected chi connectivity index (χ1v) is 8.10. The van der Waals surface area contributed by atoms with Crippen molar-refractivity contribution in [2.24, 2.45) is 0 Å².